The Hall–Kier alpha value is -3.89. The third-order valence-electron chi connectivity index (χ3n) is 6.52. The summed E-state index contributed by atoms with van der Waals surface area (Å²) in [6.07, 6.45) is 7.96. The summed E-state index contributed by atoms with van der Waals surface area (Å²) in [4.78, 5) is 2.21. The average Bonchev–Trinajstić information content (AvgIpc) is 2.95. The molecule has 1 aliphatic carbocycles. The van der Waals surface area contributed by atoms with Gasteiger partial charge in [-0.3, -0.25) is 0 Å². The van der Waals surface area contributed by atoms with Gasteiger partial charge in [0, 0.05) is 30.0 Å². The monoisotopic (exact) mass is 491 g/mol. The maximum absolute atomic E-state index is 5.36. The van der Waals surface area contributed by atoms with Crippen LogP contribution in [0, 0.1) is 5.92 Å². The van der Waals surface area contributed by atoms with Crippen LogP contribution < -0.4 is 13.8 Å². The fourth-order valence-electron chi connectivity index (χ4n) is 4.43. The van der Waals surface area contributed by atoms with Gasteiger partial charge in [-0.05, 0) is 95.3 Å². The second-order valence-electron chi connectivity index (χ2n) is 8.97. The zero-order valence-corrected chi connectivity index (χ0v) is 21.4. The van der Waals surface area contributed by atoms with Crippen LogP contribution >= 0.6 is 12.9 Å². The standard InChI is InChI=1S/C32H29NO2S/c1-23-3-5-24(6-4-23)25-7-9-26(10-8-25)27-11-13-28(14-12-27)33(29-15-19-31(34-2)20-16-29)30-17-21-32(35-36)22-18-30/h3,5-23,36H,4H2,1-2H3. The van der Waals surface area contributed by atoms with Crippen LogP contribution in [-0.4, -0.2) is 7.11 Å². The van der Waals surface area contributed by atoms with Crippen LogP contribution in [0.5, 0.6) is 11.5 Å². The van der Waals surface area contributed by atoms with Crippen molar-refractivity contribution in [2.45, 2.75) is 13.3 Å². The van der Waals surface area contributed by atoms with Gasteiger partial charge >= 0.3 is 0 Å². The van der Waals surface area contributed by atoms with Crippen LogP contribution in [0.2, 0.25) is 0 Å². The van der Waals surface area contributed by atoms with Crippen LogP contribution in [-0.2, 0) is 0 Å². The van der Waals surface area contributed by atoms with Gasteiger partial charge in [0.2, 0.25) is 0 Å². The van der Waals surface area contributed by atoms with E-state index in [-0.39, 0.29) is 0 Å². The molecule has 0 saturated heterocycles. The first-order valence-corrected chi connectivity index (χ1v) is 12.5. The molecule has 4 aromatic carbocycles. The lowest BCUT2D eigenvalue weighted by atomic mass is 9.93. The molecule has 1 atom stereocenters. The lowest BCUT2D eigenvalue weighted by molar-refractivity contribution is 0.415. The molecular weight excluding hydrogens is 462 g/mol. The fraction of sp³-hybridized carbons (Fsp3) is 0.125. The Kier molecular flexibility index (Phi) is 7.15. The van der Waals surface area contributed by atoms with Gasteiger partial charge in [-0.25, -0.2) is 0 Å². The highest BCUT2D eigenvalue weighted by molar-refractivity contribution is 7.75. The number of allylic oxidation sites excluding steroid dienone is 4. The van der Waals surface area contributed by atoms with Crippen molar-refractivity contribution in [3.63, 3.8) is 0 Å². The molecule has 180 valence electrons. The van der Waals surface area contributed by atoms with Crippen molar-refractivity contribution in [3.05, 3.63) is 121 Å². The number of methoxy groups -OCH3 is 1. The third-order valence-corrected chi connectivity index (χ3v) is 6.73. The van der Waals surface area contributed by atoms with Crippen LogP contribution in [0.4, 0.5) is 17.1 Å². The van der Waals surface area contributed by atoms with Gasteiger partial charge in [0.1, 0.15) is 11.5 Å². The Morgan fingerprint density at radius 3 is 1.61 bits per heavy atom. The molecule has 0 aliphatic heterocycles. The first-order valence-electron chi connectivity index (χ1n) is 12.1. The third kappa shape index (κ3) is 5.19. The van der Waals surface area contributed by atoms with E-state index in [1.54, 1.807) is 7.11 Å². The topological polar surface area (TPSA) is 21.7 Å². The molecule has 0 aromatic heterocycles. The minimum Gasteiger partial charge on any atom is -0.497 e. The van der Waals surface area contributed by atoms with E-state index in [1.807, 2.05) is 36.4 Å². The second kappa shape index (κ2) is 10.8. The molecule has 0 N–H and O–H groups in total. The van der Waals surface area contributed by atoms with E-state index in [9.17, 15) is 0 Å². The van der Waals surface area contributed by atoms with Crippen molar-refractivity contribution in [2.24, 2.45) is 5.92 Å². The predicted octanol–water partition coefficient (Wildman–Crippen LogP) is 9.04. The van der Waals surface area contributed by atoms with E-state index in [0.29, 0.717) is 11.7 Å². The highest BCUT2D eigenvalue weighted by Crippen LogP contribution is 2.37. The van der Waals surface area contributed by atoms with E-state index in [4.69, 9.17) is 8.92 Å². The van der Waals surface area contributed by atoms with E-state index >= 15 is 0 Å². The van der Waals surface area contributed by atoms with E-state index < -0.39 is 0 Å². The first-order chi connectivity index (χ1) is 17.6. The molecule has 0 bridgehead atoms. The summed E-state index contributed by atoms with van der Waals surface area (Å²) in [6.45, 7) is 2.25. The van der Waals surface area contributed by atoms with E-state index in [1.165, 1.54) is 22.3 Å². The number of rotatable bonds is 7. The number of hydrogen-bond acceptors (Lipinski definition) is 4. The van der Waals surface area contributed by atoms with Crippen molar-refractivity contribution in [3.8, 4) is 22.6 Å². The summed E-state index contributed by atoms with van der Waals surface area (Å²) in [5.74, 6) is 2.15. The normalized spacial score (nSPS) is 14.8. The van der Waals surface area contributed by atoms with Gasteiger partial charge in [-0.1, -0.05) is 61.5 Å². The Labute approximate surface area is 218 Å². The molecule has 5 rings (SSSR count). The molecule has 4 heteroatoms. The molecule has 36 heavy (non-hydrogen) atoms. The number of anilines is 3. The van der Waals surface area contributed by atoms with Crippen LogP contribution in [0.25, 0.3) is 16.7 Å². The largest absolute Gasteiger partial charge is 0.497 e. The quantitative estimate of drug-likeness (QED) is 0.206. The van der Waals surface area contributed by atoms with Crippen molar-refractivity contribution in [1.82, 2.24) is 0 Å². The molecule has 0 fully saturated rings. The molecule has 4 aromatic rings. The maximum atomic E-state index is 5.36. The molecule has 0 amide bonds. The maximum Gasteiger partial charge on any atom is 0.137 e. The van der Waals surface area contributed by atoms with Crippen LogP contribution in [0.15, 0.2) is 115 Å². The van der Waals surface area contributed by atoms with Gasteiger partial charge in [0.15, 0.2) is 0 Å². The lowest BCUT2D eigenvalue weighted by Gasteiger charge is -2.26. The Morgan fingerprint density at radius 2 is 1.14 bits per heavy atom. The Bertz CT molecular complexity index is 1310. The van der Waals surface area contributed by atoms with Crippen LogP contribution in [0.1, 0.15) is 18.9 Å². The summed E-state index contributed by atoms with van der Waals surface area (Å²) in [6, 6.07) is 33.4. The number of thiol groups is 1. The molecule has 0 radical (unpaired) electrons. The van der Waals surface area contributed by atoms with E-state index in [0.717, 1.165) is 29.2 Å². The van der Waals surface area contributed by atoms with E-state index in [2.05, 4.69) is 104 Å². The van der Waals surface area contributed by atoms with Gasteiger partial charge in [0.25, 0.3) is 0 Å². The molecule has 0 heterocycles. The molecule has 0 spiro atoms. The Morgan fingerprint density at radius 1 is 0.667 bits per heavy atom. The minimum atomic E-state index is 0.623. The zero-order valence-electron chi connectivity index (χ0n) is 20.5. The molecular formula is C32H29NO2S. The van der Waals surface area contributed by atoms with Gasteiger partial charge in [-0.15, -0.1) is 0 Å². The highest BCUT2D eigenvalue weighted by Gasteiger charge is 2.13. The van der Waals surface area contributed by atoms with Crippen molar-refractivity contribution in [1.29, 1.82) is 0 Å². The summed E-state index contributed by atoms with van der Waals surface area (Å²) in [7, 11) is 1.68. The number of hydrogen-bond donors (Lipinski definition) is 1. The molecule has 1 unspecified atom stereocenters. The lowest BCUT2D eigenvalue weighted by Crippen LogP contribution is -2.09. The number of ether oxygens (including phenoxy) is 1. The predicted molar refractivity (Wildman–Crippen MR) is 154 cm³/mol. The number of nitrogens with zero attached hydrogens (tertiary/aromatic N) is 1. The zero-order chi connectivity index (χ0) is 24.9. The van der Waals surface area contributed by atoms with Gasteiger partial charge in [0.05, 0.1) is 7.11 Å². The molecule has 0 saturated carbocycles. The summed E-state index contributed by atoms with van der Waals surface area (Å²) in [5.41, 5.74) is 8.07. The van der Waals surface area contributed by atoms with Crippen molar-refractivity contribution < 1.29 is 8.92 Å². The van der Waals surface area contributed by atoms with Crippen molar-refractivity contribution >= 4 is 35.5 Å². The Balaban J connectivity index is 1.43. The summed E-state index contributed by atoms with van der Waals surface area (Å²) < 4.78 is 10.4. The van der Waals surface area contributed by atoms with Crippen LogP contribution in [0.3, 0.4) is 0 Å². The summed E-state index contributed by atoms with van der Waals surface area (Å²) >= 11 is 3.91. The van der Waals surface area contributed by atoms with Gasteiger partial charge in [-0.2, -0.15) is 0 Å². The molecule has 3 nitrogen and oxygen atoms in total. The summed E-state index contributed by atoms with van der Waals surface area (Å²) in [5, 5.41) is 0. The first kappa shape index (κ1) is 23.8. The van der Waals surface area contributed by atoms with Crippen molar-refractivity contribution in [2.75, 3.05) is 12.0 Å². The average molecular weight is 492 g/mol. The smallest absolute Gasteiger partial charge is 0.137 e. The molecule has 1 aliphatic rings. The highest BCUT2D eigenvalue weighted by atomic mass is 32.1. The van der Waals surface area contributed by atoms with Gasteiger partial charge < -0.3 is 13.8 Å². The second-order valence-corrected chi connectivity index (χ2v) is 9.16. The minimum absolute atomic E-state index is 0.623. The number of benzene rings is 4. The fourth-order valence-corrected chi connectivity index (χ4v) is 4.56. The SMILES string of the molecule is COc1ccc(N(c2ccc(OS)cc2)c2ccc(-c3ccc(C4=CCC(C)C=C4)cc3)cc2)cc1.